The first kappa shape index (κ1) is 16.8. The maximum atomic E-state index is 12.2. The Hall–Kier alpha value is -3.08. The van der Waals surface area contributed by atoms with Crippen LogP contribution in [0.5, 0.6) is 5.75 Å². The number of hydrogen-bond donors (Lipinski definition) is 3. The summed E-state index contributed by atoms with van der Waals surface area (Å²) in [6.45, 7) is 0. The van der Waals surface area contributed by atoms with Crippen LogP contribution in [-0.4, -0.2) is 21.3 Å². The average Bonchev–Trinajstić information content (AvgIpc) is 3.05. The van der Waals surface area contributed by atoms with Crippen LogP contribution in [0.3, 0.4) is 0 Å². The zero-order chi connectivity index (χ0) is 17.9. The fourth-order valence-corrected chi connectivity index (χ4v) is 2.39. The topological polar surface area (TPSA) is 98.0 Å². The van der Waals surface area contributed by atoms with E-state index >= 15 is 0 Å². The summed E-state index contributed by atoms with van der Waals surface area (Å²) in [5.41, 5.74) is 6.74. The standard InChI is InChI=1S/C14H11F3N6OS/c15-14(16,17)24-9-3-1-8(2-4-9)22-11-10(18)12(21-7-20-11)23-13-19-5-6-25-13/h1-7H,18H2,(H2,19,20,21,22,23). The minimum absolute atomic E-state index is 0.244. The number of benzene rings is 1. The van der Waals surface area contributed by atoms with Crippen LogP contribution in [0, 0.1) is 0 Å². The largest absolute Gasteiger partial charge is 0.573 e. The van der Waals surface area contributed by atoms with E-state index in [0.717, 1.165) is 0 Å². The summed E-state index contributed by atoms with van der Waals surface area (Å²) in [5, 5.41) is 8.28. The molecule has 0 amide bonds. The van der Waals surface area contributed by atoms with E-state index in [0.29, 0.717) is 22.5 Å². The molecular formula is C14H11F3N6OS. The van der Waals surface area contributed by atoms with Crippen LogP contribution in [-0.2, 0) is 0 Å². The molecule has 130 valence electrons. The minimum Gasteiger partial charge on any atom is -0.406 e. The van der Waals surface area contributed by atoms with E-state index in [-0.39, 0.29) is 11.4 Å². The monoisotopic (exact) mass is 368 g/mol. The van der Waals surface area contributed by atoms with Gasteiger partial charge < -0.3 is 21.1 Å². The zero-order valence-electron chi connectivity index (χ0n) is 12.4. The fraction of sp³-hybridized carbons (Fsp3) is 0.0714. The van der Waals surface area contributed by atoms with Gasteiger partial charge in [-0.15, -0.1) is 24.5 Å². The second-order valence-corrected chi connectivity index (χ2v) is 5.54. The van der Waals surface area contributed by atoms with Gasteiger partial charge in [0.2, 0.25) is 0 Å². The van der Waals surface area contributed by atoms with Crippen LogP contribution in [0.4, 0.5) is 41.3 Å². The predicted molar refractivity (Wildman–Crippen MR) is 88.2 cm³/mol. The number of nitrogens with two attached hydrogens (primary N) is 1. The maximum Gasteiger partial charge on any atom is 0.573 e. The number of nitrogen functional groups attached to an aromatic ring is 1. The zero-order valence-corrected chi connectivity index (χ0v) is 13.2. The first-order chi connectivity index (χ1) is 11.9. The molecule has 0 radical (unpaired) electrons. The molecule has 1 aromatic carbocycles. The number of thiazole rings is 1. The van der Waals surface area contributed by atoms with Gasteiger partial charge in [0.1, 0.15) is 17.8 Å². The average molecular weight is 368 g/mol. The van der Waals surface area contributed by atoms with Gasteiger partial charge in [0.05, 0.1) is 0 Å². The molecular weight excluding hydrogens is 357 g/mol. The van der Waals surface area contributed by atoms with Gasteiger partial charge in [-0.2, -0.15) is 0 Å². The number of ether oxygens (including phenoxy) is 1. The van der Waals surface area contributed by atoms with Crippen molar-refractivity contribution in [2.75, 3.05) is 16.4 Å². The van der Waals surface area contributed by atoms with Crippen molar-refractivity contribution >= 4 is 39.5 Å². The lowest BCUT2D eigenvalue weighted by atomic mass is 10.3. The van der Waals surface area contributed by atoms with Crippen molar-refractivity contribution in [3.63, 3.8) is 0 Å². The summed E-state index contributed by atoms with van der Waals surface area (Å²) >= 11 is 1.38. The highest BCUT2D eigenvalue weighted by Gasteiger charge is 2.30. The third-order valence-corrected chi connectivity index (χ3v) is 3.58. The number of halogens is 3. The Morgan fingerprint density at radius 3 is 2.28 bits per heavy atom. The Morgan fingerprint density at radius 2 is 1.68 bits per heavy atom. The van der Waals surface area contributed by atoms with Crippen LogP contribution in [0.1, 0.15) is 0 Å². The first-order valence-electron chi connectivity index (χ1n) is 6.80. The molecule has 3 rings (SSSR count). The van der Waals surface area contributed by atoms with E-state index in [1.165, 1.54) is 41.9 Å². The molecule has 2 aromatic heterocycles. The van der Waals surface area contributed by atoms with E-state index in [1.54, 1.807) is 11.6 Å². The van der Waals surface area contributed by atoms with Crippen molar-refractivity contribution in [3.8, 4) is 5.75 Å². The maximum absolute atomic E-state index is 12.2. The molecule has 0 saturated carbocycles. The van der Waals surface area contributed by atoms with E-state index in [2.05, 4.69) is 30.3 Å². The molecule has 4 N–H and O–H groups in total. The van der Waals surface area contributed by atoms with Gasteiger partial charge in [0, 0.05) is 17.3 Å². The molecule has 0 fully saturated rings. The summed E-state index contributed by atoms with van der Waals surface area (Å²) in [6, 6.07) is 5.19. The number of nitrogens with zero attached hydrogens (tertiary/aromatic N) is 3. The third-order valence-electron chi connectivity index (χ3n) is 2.89. The summed E-state index contributed by atoms with van der Waals surface area (Å²) < 4.78 is 40.3. The molecule has 0 aliphatic carbocycles. The van der Waals surface area contributed by atoms with Crippen LogP contribution < -0.4 is 21.1 Å². The molecule has 2 heterocycles. The molecule has 0 bridgehead atoms. The van der Waals surface area contributed by atoms with Crippen molar-refractivity contribution in [1.29, 1.82) is 0 Å². The SMILES string of the molecule is Nc1c(Nc2ccc(OC(F)(F)F)cc2)ncnc1Nc1nccs1. The van der Waals surface area contributed by atoms with Crippen molar-refractivity contribution < 1.29 is 17.9 Å². The molecule has 3 aromatic rings. The van der Waals surface area contributed by atoms with Gasteiger partial charge in [-0.25, -0.2) is 15.0 Å². The number of hydrogen-bond acceptors (Lipinski definition) is 8. The molecule has 0 spiro atoms. The van der Waals surface area contributed by atoms with E-state index in [1.807, 2.05) is 0 Å². The molecule has 25 heavy (non-hydrogen) atoms. The quantitative estimate of drug-likeness (QED) is 0.628. The summed E-state index contributed by atoms with van der Waals surface area (Å²) in [6.07, 6.45) is -1.80. The van der Waals surface area contributed by atoms with Gasteiger partial charge in [-0.3, -0.25) is 0 Å². The van der Waals surface area contributed by atoms with Crippen molar-refractivity contribution in [2.45, 2.75) is 6.36 Å². The highest BCUT2D eigenvalue weighted by Crippen LogP contribution is 2.30. The lowest BCUT2D eigenvalue weighted by Crippen LogP contribution is -2.17. The molecule has 11 heteroatoms. The highest BCUT2D eigenvalue weighted by molar-refractivity contribution is 7.13. The summed E-state index contributed by atoms with van der Waals surface area (Å²) in [7, 11) is 0. The van der Waals surface area contributed by atoms with E-state index < -0.39 is 6.36 Å². The minimum atomic E-state index is -4.73. The summed E-state index contributed by atoms with van der Waals surface area (Å²) in [4.78, 5) is 12.1. The first-order valence-corrected chi connectivity index (χ1v) is 7.68. The smallest absolute Gasteiger partial charge is 0.406 e. The molecule has 0 aliphatic heterocycles. The molecule has 0 saturated heterocycles. The Morgan fingerprint density at radius 1 is 1.00 bits per heavy atom. The van der Waals surface area contributed by atoms with E-state index in [4.69, 9.17) is 5.73 Å². The van der Waals surface area contributed by atoms with Crippen molar-refractivity contribution in [3.05, 3.63) is 42.2 Å². The predicted octanol–water partition coefficient (Wildman–Crippen LogP) is 3.90. The molecule has 0 atom stereocenters. The van der Waals surface area contributed by atoms with Crippen molar-refractivity contribution in [2.24, 2.45) is 0 Å². The van der Waals surface area contributed by atoms with Crippen LogP contribution >= 0.6 is 11.3 Å². The van der Waals surface area contributed by atoms with Crippen LogP contribution in [0.15, 0.2) is 42.2 Å². The van der Waals surface area contributed by atoms with Crippen molar-refractivity contribution in [1.82, 2.24) is 15.0 Å². The molecule has 7 nitrogen and oxygen atoms in total. The van der Waals surface area contributed by atoms with Crippen LogP contribution in [0.2, 0.25) is 0 Å². The number of anilines is 5. The number of rotatable bonds is 5. The highest BCUT2D eigenvalue weighted by atomic mass is 32.1. The van der Waals surface area contributed by atoms with Gasteiger partial charge in [0.15, 0.2) is 16.8 Å². The second kappa shape index (κ2) is 6.81. The third kappa shape index (κ3) is 4.47. The van der Waals surface area contributed by atoms with Gasteiger partial charge in [-0.1, -0.05) is 0 Å². The number of nitrogens with one attached hydrogen (secondary N) is 2. The number of alkyl halides is 3. The normalized spacial score (nSPS) is 11.2. The lowest BCUT2D eigenvalue weighted by molar-refractivity contribution is -0.274. The Kier molecular flexibility index (Phi) is 4.57. The summed E-state index contributed by atoms with van der Waals surface area (Å²) in [5.74, 6) is 0.350. The lowest BCUT2D eigenvalue weighted by Gasteiger charge is -2.12. The molecule has 0 unspecified atom stereocenters. The van der Waals surface area contributed by atoms with Crippen LogP contribution in [0.25, 0.3) is 0 Å². The van der Waals surface area contributed by atoms with Gasteiger partial charge in [-0.05, 0) is 24.3 Å². The fourth-order valence-electron chi connectivity index (χ4n) is 1.86. The van der Waals surface area contributed by atoms with Gasteiger partial charge >= 0.3 is 6.36 Å². The van der Waals surface area contributed by atoms with E-state index in [9.17, 15) is 13.2 Å². The van der Waals surface area contributed by atoms with Gasteiger partial charge in [0.25, 0.3) is 0 Å². The molecule has 0 aliphatic rings. The Bertz CT molecular complexity index is 839. The second-order valence-electron chi connectivity index (χ2n) is 4.64. The Labute approximate surface area is 143 Å². The number of aromatic nitrogens is 3. The Balaban J connectivity index is 1.74.